The smallest absolute Gasteiger partial charge is 0.249 e. The number of benzene rings is 1. The molecule has 0 aromatic heterocycles. The molecule has 1 saturated heterocycles. The molecule has 3 rings (SSSR count). The van der Waals surface area contributed by atoms with Gasteiger partial charge < -0.3 is 15.0 Å². The molecule has 1 aliphatic heterocycles. The summed E-state index contributed by atoms with van der Waals surface area (Å²) in [5.41, 5.74) is 2.54. The van der Waals surface area contributed by atoms with Crippen LogP contribution in [0.5, 0.6) is 0 Å². The lowest BCUT2D eigenvalue weighted by Gasteiger charge is -2.36. The summed E-state index contributed by atoms with van der Waals surface area (Å²) in [6.07, 6.45) is 6.02. The summed E-state index contributed by atoms with van der Waals surface area (Å²) in [6.45, 7) is 4.83. The molecule has 23 heavy (non-hydrogen) atoms. The fourth-order valence-electron chi connectivity index (χ4n) is 3.60. The van der Waals surface area contributed by atoms with Gasteiger partial charge in [0.05, 0.1) is 12.1 Å². The van der Waals surface area contributed by atoms with Crippen LogP contribution in [0.25, 0.3) is 0 Å². The summed E-state index contributed by atoms with van der Waals surface area (Å²) < 4.78 is 5.83. The van der Waals surface area contributed by atoms with Gasteiger partial charge in [0, 0.05) is 19.6 Å². The largest absolute Gasteiger partial charge is 0.368 e. The van der Waals surface area contributed by atoms with Crippen molar-refractivity contribution in [2.45, 2.75) is 51.2 Å². The molecule has 1 saturated carbocycles. The number of carbonyl (C=O) groups is 1. The Labute approximate surface area is 139 Å². The van der Waals surface area contributed by atoms with E-state index in [1.165, 1.54) is 24.0 Å². The van der Waals surface area contributed by atoms with Crippen molar-refractivity contribution < 1.29 is 9.53 Å². The fraction of sp³-hybridized carbons (Fsp3) is 0.632. The standard InChI is InChI=1S/C19H28N2O2/c1-2-15-7-9-16(10-8-15)18-13-20-11-12-21(18)19(22)14-23-17-5-3-4-6-17/h7-10,17-18,20H,2-6,11-14H2,1H3. The lowest BCUT2D eigenvalue weighted by molar-refractivity contribution is -0.141. The third kappa shape index (κ3) is 4.12. The van der Waals surface area contributed by atoms with E-state index in [4.69, 9.17) is 4.74 Å². The number of nitrogens with one attached hydrogen (secondary N) is 1. The van der Waals surface area contributed by atoms with Crippen LogP contribution >= 0.6 is 0 Å². The number of amides is 1. The van der Waals surface area contributed by atoms with Crippen LogP contribution in [0.4, 0.5) is 0 Å². The van der Waals surface area contributed by atoms with Crippen molar-refractivity contribution in [2.24, 2.45) is 0 Å². The third-order valence-electron chi connectivity index (χ3n) is 5.08. The summed E-state index contributed by atoms with van der Waals surface area (Å²) >= 11 is 0. The third-order valence-corrected chi connectivity index (χ3v) is 5.08. The van der Waals surface area contributed by atoms with Crippen molar-refractivity contribution >= 4 is 5.91 Å². The molecule has 1 aromatic rings. The van der Waals surface area contributed by atoms with Crippen LogP contribution in [-0.2, 0) is 16.0 Å². The molecule has 0 spiro atoms. The van der Waals surface area contributed by atoms with Crippen LogP contribution in [0, 0.1) is 0 Å². The van der Waals surface area contributed by atoms with Gasteiger partial charge in [-0.2, -0.15) is 0 Å². The second-order valence-electron chi connectivity index (χ2n) is 6.62. The van der Waals surface area contributed by atoms with Gasteiger partial charge in [0.25, 0.3) is 0 Å². The van der Waals surface area contributed by atoms with Gasteiger partial charge in [-0.05, 0) is 30.4 Å². The van der Waals surface area contributed by atoms with Crippen molar-refractivity contribution in [1.29, 1.82) is 0 Å². The number of hydrogen-bond donors (Lipinski definition) is 1. The Morgan fingerprint density at radius 1 is 1.26 bits per heavy atom. The van der Waals surface area contributed by atoms with E-state index in [9.17, 15) is 4.79 Å². The summed E-state index contributed by atoms with van der Waals surface area (Å²) in [4.78, 5) is 14.6. The molecule has 4 heteroatoms. The van der Waals surface area contributed by atoms with Crippen LogP contribution in [0.3, 0.4) is 0 Å². The Kier molecular flexibility index (Phi) is 5.68. The molecular formula is C19H28N2O2. The maximum atomic E-state index is 12.6. The van der Waals surface area contributed by atoms with Crippen molar-refractivity contribution in [3.8, 4) is 0 Å². The molecule has 1 aromatic carbocycles. The summed E-state index contributed by atoms with van der Waals surface area (Å²) in [6, 6.07) is 8.78. The molecule has 1 atom stereocenters. The number of piperazine rings is 1. The zero-order valence-electron chi connectivity index (χ0n) is 14.1. The fourth-order valence-corrected chi connectivity index (χ4v) is 3.60. The van der Waals surface area contributed by atoms with Crippen molar-refractivity contribution in [2.75, 3.05) is 26.2 Å². The van der Waals surface area contributed by atoms with Crippen molar-refractivity contribution in [3.05, 3.63) is 35.4 Å². The first-order chi connectivity index (χ1) is 11.3. The number of rotatable bonds is 5. The maximum absolute atomic E-state index is 12.6. The molecule has 0 bridgehead atoms. The highest BCUT2D eigenvalue weighted by Gasteiger charge is 2.28. The van der Waals surface area contributed by atoms with Gasteiger partial charge in [0.15, 0.2) is 0 Å². The number of hydrogen-bond acceptors (Lipinski definition) is 3. The van der Waals surface area contributed by atoms with E-state index in [2.05, 4.69) is 36.5 Å². The second-order valence-corrected chi connectivity index (χ2v) is 6.62. The number of nitrogens with zero attached hydrogens (tertiary/aromatic N) is 1. The van der Waals surface area contributed by atoms with E-state index < -0.39 is 0 Å². The Hall–Kier alpha value is -1.39. The summed E-state index contributed by atoms with van der Waals surface area (Å²) in [7, 11) is 0. The first kappa shape index (κ1) is 16.5. The van der Waals surface area contributed by atoms with Gasteiger partial charge in [0.1, 0.15) is 6.61 Å². The van der Waals surface area contributed by atoms with Crippen molar-refractivity contribution in [3.63, 3.8) is 0 Å². The van der Waals surface area contributed by atoms with Gasteiger partial charge in [-0.25, -0.2) is 0 Å². The van der Waals surface area contributed by atoms with E-state index in [1.807, 2.05) is 4.90 Å². The number of aryl methyl sites for hydroxylation is 1. The van der Waals surface area contributed by atoms with E-state index in [-0.39, 0.29) is 18.6 Å². The predicted molar refractivity (Wildman–Crippen MR) is 91.4 cm³/mol. The highest BCUT2D eigenvalue weighted by molar-refractivity contribution is 5.78. The minimum absolute atomic E-state index is 0.120. The Bertz CT molecular complexity index is 509. The predicted octanol–water partition coefficient (Wildman–Crippen LogP) is 2.68. The molecule has 1 unspecified atom stereocenters. The van der Waals surface area contributed by atoms with Gasteiger partial charge in [-0.15, -0.1) is 0 Å². The van der Waals surface area contributed by atoms with Crippen molar-refractivity contribution in [1.82, 2.24) is 10.2 Å². The first-order valence-corrected chi connectivity index (χ1v) is 8.98. The van der Waals surface area contributed by atoms with E-state index >= 15 is 0 Å². The van der Waals surface area contributed by atoms with Gasteiger partial charge in [-0.3, -0.25) is 4.79 Å². The zero-order valence-corrected chi connectivity index (χ0v) is 14.1. The van der Waals surface area contributed by atoms with Gasteiger partial charge >= 0.3 is 0 Å². The van der Waals surface area contributed by atoms with Crippen LogP contribution < -0.4 is 5.32 Å². The van der Waals surface area contributed by atoms with Gasteiger partial charge in [0.2, 0.25) is 5.91 Å². The quantitative estimate of drug-likeness (QED) is 0.908. The van der Waals surface area contributed by atoms with Crippen LogP contribution in [0.1, 0.15) is 49.8 Å². The Morgan fingerprint density at radius 3 is 2.70 bits per heavy atom. The maximum Gasteiger partial charge on any atom is 0.249 e. The topological polar surface area (TPSA) is 41.6 Å². The average molecular weight is 316 g/mol. The highest BCUT2D eigenvalue weighted by atomic mass is 16.5. The van der Waals surface area contributed by atoms with Crippen LogP contribution in [0.15, 0.2) is 24.3 Å². The highest BCUT2D eigenvalue weighted by Crippen LogP contribution is 2.24. The molecule has 2 fully saturated rings. The zero-order chi connectivity index (χ0) is 16.1. The van der Waals surface area contributed by atoms with E-state index in [0.717, 1.165) is 38.9 Å². The monoisotopic (exact) mass is 316 g/mol. The Morgan fingerprint density at radius 2 is 2.00 bits per heavy atom. The second kappa shape index (κ2) is 7.93. The lowest BCUT2D eigenvalue weighted by atomic mass is 10.0. The molecule has 1 aliphatic carbocycles. The molecule has 1 heterocycles. The molecule has 2 aliphatic rings. The molecule has 0 radical (unpaired) electrons. The molecule has 4 nitrogen and oxygen atoms in total. The van der Waals surface area contributed by atoms with Crippen LogP contribution in [0.2, 0.25) is 0 Å². The normalized spacial score (nSPS) is 22.5. The molecule has 1 N–H and O–H groups in total. The van der Waals surface area contributed by atoms with Gasteiger partial charge in [-0.1, -0.05) is 44.0 Å². The SMILES string of the molecule is CCc1ccc(C2CNCCN2C(=O)COC2CCCC2)cc1. The molecule has 1 amide bonds. The number of ether oxygens (including phenoxy) is 1. The average Bonchev–Trinajstić information content (AvgIpc) is 3.13. The molecular weight excluding hydrogens is 288 g/mol. The molecule has 126 valence electrons. The number of carbonyl (C=O) groups excluding carboxylic acids is 1. The first-order valence-electron chi connectivity index (χ1n) is 8.98. The lowest BCUT2D eigenvalue weighted by Crippen LogP contribution is -2.50. The van der Waals surface area contributed by atoms with E-state index in [0.29, 0.717) is 6.10 Å². The minimum atomic E-state index is 0.120. The minimum Gasteiger partial charge on any atom is -0.368 e. The Balaban J connectivity index is 1.63. The van der Waals surface area contributed by atoms with Crippen LogP contribution in [-0.4, -0.2) is 43.2 Å². The summed E-state index contributed by atoms with van der Waals surface area (Å²) in [5.74, 6) is 0.128. The van der Waals surface area contributed by atoms with E-state index in [1.54, 1.807) is 0 Å². The summed E-state index contributed by atoms with van der Waals surface area (Å²) in [5, 5.41) is 3.41.